The molecule has 120 valence electrons. The van der Waals surface area contributed by atoms with Crippen molar-refractivity contribution in [3.8, 4) is 0 Å². The average Bonchev–Trinajstić information content (AvgIpc) is 2.46. The third kappa shape index (κ3) is 6.06. The van der Waals surface area contributed by atoms with Crippen LogP contribution >= 0.6 is 15.9 Å². The van der Waals surface area contributed by atoms with Crippen LogP contribution in [0.1, 0.15) is 39.2 Å². The van der Waals surface area contributed by atoms with E-state index in [1.165, 1.54) is 0 Å². The van der Waals surface area contributed by atoms with Crippen LogP contribution in [0.15, 0.2) is 27.6 Å². The van der Waals surface area contributed by atoms with E-state index in [1.807, 2.05) is 13.0 Å². The smallest absolute Gasteiger partial charge is 0.241 e. The third-order valence-electron chi connectivity index (χ3n) is 3.36. The molecule has 1 unspecified atom stereocenters. The van der Waals surface area contributed by atoms with Gasteiger partial charge in [-0.3, -0.25) is 0 Å². The topological polar surface area (TPSA) is 58.2 Å². The molecule has 1 rings (SSSR count). The number of hydrogen-bond donors (Lipinski definition) is 2. The monoisotopic (exact) mass is 376 g/mol. The average molecular weight is 377 g/mol. The largest absolute Gasteiger partial charge is 0.313 e. The van der Waals surface area contributed by atoms with Crippen LogP contribution in [0.25, 0.3) is 0 Å². The van der Waals surface area contributed by atoms with E-state index in [0.29, 0.717) is 28.4 Å². The van der Waals surface area contributed by atoms with Crippen molar-refractivity contribution in [2.75, 3.05) is 13.1 Å². The van der Waals surface area contributed by atoms with Crippen LogP contribution in [0.2, 0.25) is 0 Å². The van der Waals surface area contributed by atoms with E-state index in [2.05, 4.69) is 39.8 Å². The molecule has 1 aromatic carbocycles. The normalized spacial score (nSPS) is 13.3. The van der Waals surface area contributed by atoms with E-state index >= 15 is 0 Å². The van der Waals surface area contributed by atoms with E-state index < -0.39 is 10.0 Å². The van der Waals surface area contributed by atoms with E-state index in [9.17, 15) is 8.42 Å². The van der Waals surface area contributed by atoms with Crippen LogP contribution in [0.3, 0.4) is 0 Å². The van der Waals surface area contributed by atoms with Crippen LogP contribution in [0.4, 0.5) is 0 Å². The standard InChI is InChI=1S/C15H25BrN2O2S/c1-4-8-17-11-13-6-7-14(16)15(9-13)21(19,20)18-10-12(3)5-2/h6-7,9,12,17-18H,4-5,8,10-11H2,1-3H3. The Labute approximate surface area is 136 Å². The minimum atomic E-state index is -3.47. The molecule has 0 bridgehead atoms. The first kappa shape index (κ1) is 18.6. The summed E-state index contributed by atoms with van der Waals surface area (Å²) in [6, 6.07) is 5.45. The lowest BCUT2D eigenvalue weighted by atomic mass is 10.1. The molecule has 0 radical (unpaired) electrons. The second-order valence-corrected chi connectivity index (χ2v) is 7.90. The van der Waals surface area contributed by atoms with Gasteiger partial charge in [-0.25, -0.2) is 13.1 Å². The van der Waals surface area contributed by atoms with Gasteiger partial charge < -0.3 is 5.32 Å². The molecule has 21 heavy (non-hydrogen) atoms. The van der Waals surface area contributed by atoms with Gasteiger partial charge in [-0.2, -0.15) is 0 Å². The molecule has 0 aliphatic heterocycles. The summed E-state index contributed by atoms with van der Waals surface area (Å²) in [7, 11) is -3.47. The lowest BCUT2D eigenvalue weighted by molar-refractivity contribution is 0.528. The zero-order valence-corrected chi connectivity index (χ0v) is 15.4. The van der Waals surface area contributed by atoms with E-state index in [-0.39, 0.29) is 0 Å². The lowest BCUT2D eigenvalue weighted by Gasteiger charge is -2.13. The van der Waals surface area contributed by atoms with Crippen LogP contribution in [0, 0.1) is 5.92 Å². The summed E-state index contributed by atoms with van der Waals surface area (Å²) in [6.45, 7) is 8.24. The van der Waals surface area contributed by atoms with Gasteiger partial charge in [-0.05, 0) is 52.5 Å². The molecule has 0 saturated heterocycles. The van der Waals surface area contributed by atoms with Crippen molar-refractivity contribution in [3.63, 3.8) is 0 Å². The first-order chi connectivity index (χ1) is 9.90. The Hall–Kier alpha value is -0.430. The van der Waals surface area contributed by atoms with Gasteiger partial charge in [0.25, 0.3) is 0 Å². The summed E-state index contributed by atoms with van der Waals surface area (Å²) in [5, 5.41) is 3.28. The minimum Gasteiger partial charge on any atom is -0.313 e. The maximum absolute atomic E-state index is 12.4. The Bertz CT molecular complexity index is 547. The van der Waals surface area contributed by atoms with E-state index in [1.54, 1.807) is 12.1 Å². The zero-order chi connectivity index (χ0) is 15.9. The molecule has 0 aliphatic rings. The van der Waals surface area contributed by atoms with Crippen LogP contribution in [-0.4, -0.2) is 21.5 Å². The SMILES string of the molecule is CCCNCc1ccc(Br)c(S(=O)(=O)NCC(C)CC)c1. The first-order valence-electron chi connectivity index (χ1n) is 7.39. The highest BCUT2D eigenvalue weighted by Gasteiger charge is 2.18. The second-order valence-electron chi connectivity index (χ2n) is 5.31. The molecule has 4 nitrogen and oxygen atoms in total. The number of hydrogen-bond acceptors (Lipinski definition) is 3. The van der Waals surface area contributed by atoms with Gasteiger partial charge in [0.2, 0.25) is 10.0 Å². The predicted molar refractivity (Wildman–Crippen MR) is 90.8 cm³/mol. The molecular formula is C15H25BrN2O2S. The van der Waals surface area contributed by atoms with Gasteiger partial charge in [0.15, 0.2) is 0 Å². The van der Waals surface area contributed by atoms with Crippen molar-refractivity contribution in [1.82, 2.24) is 10.0 Å². The minimum absolute atomic E-state index is 0.307. The van der Waals surface area contributed by atoms with Crippen LogP contribution < -0.4 is 10.0 Å². The Morgan fingerprint density at radius 3 is 2.62 bits per heavy atom. The Morgan fingerprint density at radius 1 is 1.29 bits per heavy atom. The fourth-order valence-electron chi connectivity index (χ4n) is 1.75. The molecule has 1 atom stereocenters. The fraction of sp³-hybridized carbons (Fsp3) is 0.600. The predicted octanol–water partition coefficient (Wildman–Crippen LogP) is 3.27. The number of halogens is 1. The molecule has 0 aliphatic carbocycles. The molecule has 2 N–H and O–H groups in total. The highest BCUT2D eigenvalue weighted by atomic mass is 79.9. The molecule has 0 fully saturated rings. The van der Waals surface area contributed by atoms with Crippen molar-refractivity contribution in [2.45, 2.75) is 45.1 Å². The number of benzene rings is 1. The van der Waals surface area contributed by atoms with Gasteiger partial charge in [0, 0.05) is 17.6 Å². The highest BCUT2D eigenvalue weighted by Crippen LogP contribution is 2.23. The summed E-state index contributed by atoms with van der Waals surface area (Å²) in [4.78, 5) is 0.307. The van der Waals surface area contributed by atoms with Gasteiger partial charge in [-0.15, -0.1) is 0 Å². The van der Waals surface area contributed by atoms with Crippen molar-refractivity contribution in [2.24, 2.45) is 5.92 Å². The summed E-state index contributed by atoms with van der Waals surface area (Å²) < 4.78 is 28.1. The molecule has 1 aromatic rings. The molecule has 0 saturated carbocycles. The quantitative estimate of drug-likeness (QED) is 0.650. The summed E-state index contributed by atoms with van der Waals surface area (Å²) in [6.07, 6.45) is 2.00. The molecule has 0 spiro atoms. The summed E-state index contributed by atoms with van der Waals surface area (Å²) >= 11 is 3.33. The second kappa shape index (κ2) is 8.88. The van der Waals surface area contributed by atoms with Gasteiger partial charge in [-0.1, -0.05) is 33.3 Å². The zero-order valence-electron chi connectivity index (χ0n) is 12.9. The van der Waals surface area contributed by atoms with Gasteiger partial charge >= 0.3 is 0 Å². The third-order valence-corrected chi connectivity index (χ3v) is 5.78. The molecule has 0 heterocycles. The van der Waals surface area contributed by atoms with E-state index in [0.717, 1.165) is 24.9 Å². The number of rotatable bonds is 9. The highest BCUT2D eigenvalue weighted by molar-refractivity contribution is 9.10. The Balaban J connectivity index is 2.86. The van der Waals surface area contributed by atoms with Gasteiger partial charge in [0.05, 0.1) is 4.90 Å². The number of nitrogens with one attached hydrogen (secondary N) is 2. The molecule has 0 aromatic heterocycles. The van der Waals surface area contributed by atoms with Crippen molar-refractivity contribution >= 4 is 26.0 Å². The van der Waals surface area contributed by atoms with E-state index in [4.69, 9.17) is 0 Å². The maximum Gasteiger partial charge on any atom is 0.241 e. The van der Waals surface area contributed by atoms with Crippen LogP contribution in [-0.2, 0) is 16.6 Å². The van der Waals surface area contributed by atoms with Crippen molar-refractivity contribution in [1.29, 1.82) is 0 Å². The molecule has 6 heteroatoms. The van der Waals surface area contributed by atoms with Crippen molar-refractivity contribution in [3.05, 3.63) is 28.2 Å². The summed E-state index contributed by atoms with van der Waals surface area (Å²) in [5.41, 5.74) is 0.968. The van der Waals surface area contributed by atoms with Crippen LogP contribution in [0.5, 0.6) is 0 Å². The van der Waals surface area contributed by atoms with Crippen molar-refractivity contribution < 1.29 is 8.42 Å². The summed E-state index contributed by atoms with van der Waals surface area (Å²) in [5.74, 6) is 0.327. The lowest BCUT2D eigenvalue weighted by Crippen LogP contribution is -2.28. The Morgan fingerprint density at radius 2 is 2.00 bits per heavy atom. The fourth-order valence-corrected chi connectivity index (χ4v) is 3.92. The first-order valence-corrected chi connectivity index (χ1v) is 9.67. The number of sulfonamides is 1. The maximum atomic E-state index is 12.4. The van der Waals surface area contributed by atoms with Gasteiger partial charge in [0.1, 0.15) is 0 Å². The molecule has 0 amide bonds. The Kier molecular flexibility index (Phi) is 7.87. The molecular weight excluding hydrogens is 352 g/mol.